The summed E-state index contributed by atoms with van der Waals surface area (Å²) in [5.41, 5.74) is 0.633. The van der Waals surface area contributed by atoms with E-state index in [2.05, 4.69) is 4.98 Å². The molecule has 96 valence electrons. The van der Waals surface area contributed by atoms with Crippen molar-refractivity contribution in [3.8, 4) is 0 Å². The maximum Gasteiger partial charge on any atom is 0.383 e. The van der Waals surface area contributed by atoms with Gasteiger partial charge >= 0.3 is 12.3 Å². The maximum absolute atomic E-state index is 12.5. The third-order valence-electron chi connectivity index (χ3n) is 1.91. The van der Waals surface area contributed by atoms with Crippen LogP contribution in [0.3, 0.4) is 0 Å². The molecule has 8 heteroatoms. The molecule has 0 saturated carbocycles. The van der Waals surface area contributed by atoms with E-state index in [1.165, 1.54) is 11.3 Å². The largest absolute Gasteiger partial charge is 0.383 e. The molecule has 17 heavy (non-hydrogen) atoms. The Hall–Kier alpha value is -1.18. The number of thiazole rings is 1. The second-order valence-corrected chi connectivity index (χ2v) is 4.35. The second-order valence-electron chi connectivity index (χ2n) is 3.29. The summed E-state index contributed by atoms with van der Waals surface area (Å²) in [6, 6.07) is 0. The number of halogens is 4. The molecule has 1 amide bonds. The number of alkyl halides is 4. The molecule has 0 radical (unpaired) electrons. The van der Waals surface area contributed by atoms with Gasteiger partial charge in [0, 0.05) is 18.3 Å². The van der Waals surface area contributed by atoms with Crippen molar-refractivity contribution in [1.29, 1.82) is 0 Å². The SMILES string of the molecule is Cc1nc(CCNC(=O)C(F)(F)C(F)F)cs1. The first-order valence-corrected chi connectivity index (χ1v) is 5.57. The third-order valence-corrected chi connectivity index (χ3v) is 2.73. The van der Waals surface area contributed by atoms with E-state index in [1.807, 2.05) is 0 Å². The molecule has 0 atom stereocenters. The predicted molar refractivity (Wildman–Crippen MR) is 54.5 cm³/mol. The Labute approximate surface area is 98.9 Å². The van der Waals surface area contributed by atoms with Crippen LogP contribution >= 0.6 is 11.3 Å². The first-order valence-electron chi connectivity index (χ1n) is 4.69. The minimum absolute atomic E-state index is 0.148. The number of hydrogen-bond donors (Lipinski definition) is 1. The van der Waals surface area contributed by atoms with E-state index in [1.54, 1.807) is 17.6 Å². The molecule has 0 unspecified atom stereocenters. The maximum atomic E-state index is 12.5. The molecule has 1 aromatic rings. The fraction of sp³-hybridized carbons (Fsp3) is 0.556. The van der Waals surface area contributed by atoms with Crippen LogP contribution in [0.2, 0.25) is 0 Å². The lowest BCUT2D eigenvalue weighted by Crippen LogP contribution is -2.45. The number of rotatable bonds is 5. The highest BCUT2D eigenvalue weighted by Crippen LogP contribution is 2.22. The molecule has 0 aromatic carbocycles. The molecule has 0 fully saturated rings. The van der Waals surface area contributed by atoms with Crippen molar-refractivity contribution < 1.29 is 22.4 Å². The summed E-state index contributed by atoms with van der Waals surface area (Å²) in [5.74, 6) is -6.60. The monoisotopic (exact) mass is 270 g/mol. The van der Waals surface area contributed by atoms with Crippen LogP contribution in [-0.2, 0) is 11.2 Å². The van der Waals surface area contributed by atoms with Gasteiger partial charge in [-0.2, -0.15) is 8.78 Å². The number of carbonyl (C=O) groups is 1. The smallest absolute Gasteiger partial charge is 0.350 e. The normalized spacial score (nSPS) is 11.9. The molecule has 1 heterocycles. The van der Waals surface area contributed by atoms with E-state index in [4.69, 9.17) is 0 Å². The Bertz CT molecular complexity index is 394. The molecule has 0 bridgehead atoms. The summed E-state index contributed by atoms with van der Waals surface area (Å²) >= 11 is 1.38. The minimum Gasteiger partial charge on any atom is -0.350 e. The Morgan fingerprint density at radius 1 is 1.59 bits per heavy atom. The number of carbonyl (C=O) groups excluding carboxylic acids is 1. The van der Waals surface area contributed by atoms with E-state index in [9.17, 15) is 22.4 Å². The number of nitrogens with zero attached hydrogens (tertiary/aromatic N) is 1. The summed E-state index contributed by atoms with van der Waals surface area (Å²) in [7, 11) is 0. The second kappa shape index (κ2) is 5.44. The van der Waals surface area contributed by atoms with Crippen molar-refractivity contribution in [3.63, 3.8) is 0 Å². The van der Waals surface area contributed by atoms with Crippen molar-refractivity contribution in [2.75, 3.05) is 6.54 Å². The molecule has 1 N–H and O–H groups in total. The van der Waals surface area contributed by atoms with E-state index < -0.39 is 18.3 Å². The lowest BCUT2D eigenvalue weighted by atomic mass is 10.3. The van der Waals surface area contributed by atoms with Crippen LogP contribution in [0.1, 0.15) is 10.7 Å². The summed E-state index contributed by atoms with van der Waals surface area (Å²) in [6.45, 7) is 1.63. The lowest BCUT2D eigenvalue weighted by molar-refractivity contribution is -0.169. The van der Waals surface area contributed by atoms with Gasteiger partial charge in [-0.05, 0) is 6.92 Å². The van der Waals surface area contributed by atoms with Gasteiger partial charge in [-0.3, -0.25) is 4.79 Å². The van der Waals surface area contributed by atoms with Crippen molar-refractivity contribution in [1.82, 2.24) is 10.3 Å². The summed E-state index contributed by atoms with van der Waals surface area (Å²) < 4.78 is 48.6. The van der Waals surface area contributed by atoms with Gasteiger partial charge in [0.25, 0.3) is 5.91 Å². The van der Waals surface area contributed by atoms with E-state index in [-0.39, 0.29) is 13.0 Å². The van der Waals surface area contributed by atoms with Gasteiger partial charge in [0.2, 0.25) is 0 Å². The van der Waals surface area contributed by atoms with E-state index in [0.29, 0.717) is 5.69 Å². The van der Waals surface area contributed by atoms with Crippen LogP contribution in [0.4, 0.5) is 17.6 Å². The zero-order valence-electron chi connectivity index (χ0n) is 8.84. The molecular weight excluding hydrogens is 260 g/mol. The summed E-state index contributed by atoms with van der Waals surface area (Å²) in [4.78, 5) is 14.8. The predicted octanol–water partition coefficient (Wildman–Crippen LogP) is 2.01. The molecule has 1 rings (SSSR count). The van der Waals surface area contributed by atoms with E-state index in [0.717, 1.165) is 5.01 Å². The minimum atomic E-state index is -4.64. The Morgan fingerprint density at radius 2 is 2.24 bits per heavy atom. The molecule has 1 aromatic heterocycles. The van der Waals surface area contributed by atoms with Crippen LogP contribution in [0, 0.1) is 6.92 Å². The number of aryl methyl sites for hydroxylation is 1. The standard InChI is InChI=1S/C9H10F4N2OS/c1-5-15-6(4-17-5)2-3-14-8(16)9(12,13)7(10)11/h4,7H,2-3H2,1H3,(H,14,16). The van der Waals surface area contributed by atoms with Gasteiger partial charge in [-0.1, -0.05) is 0 Å². The highest BCUT2D eigenvalue weighted by atomic mass is 32.1. The molecular formula is C9H10F4N2OS. The van der Waals surface area contributed by atoms with Crippen molar-refractivity contribution >= 4 is 17.2 Å². The number of aromatic nitrogens is 1. The molecule has 0 saturated heterocycles. The average molecular weight is 270 g/mol. The van der Waals surface area contributed by atoms with Gasteiger partial charge in [0.1, 0.15) is 0 Å². The van der Waals surface area contributed by atoms with Crippen molar-refractivity contribution in [3.05, 3.63) is 16.1 Å². The molecule has 0 aliphatic heterocycles. The Kier molecular flexibility index (Phi) is 4.44. The van der Waals surface area contributed by atoms with Crippen LogP contribution in [-0.4, -0.2) is 29.8 Å². The first kappa shape index (κ1) is 13.9. The lowest BCUT2D eigenvalue weighted by Gasteiger charge is -2.14. The number of amides is 1. The fourth-order valence-electron chi connectivity index (χ4n) is 1.04. The quantitative estimate of drug-likeness (QED) is 0.832. The molecule has 0 aliphatic rings. The summed E-state index contributed by atoms with van der Waals surface area (Å²) in [5, 5.41) is 4.28. The Balaban J connectivity index is 2.39. The number of hydrogen-bond acceptors (Lipinski definition) is 3. The van der Waals surface area contributed by atoms with Gasteiger partial charge in [-0.15, -0.1) is 11.3 Å². The topological polar surface area (TPSA) is 42.0 Å². The molecule has 0 aliphatic carbocycles. The van der Waals surface area contributed by atoms with Crippen LogP contribution in [0.5, 0.6) is 0 Å². The van der Waals surface area contributed by atoms with Gasteiger partial charge in [0.15, 0.2) is 0 Å². The van der Waals surface area contributed by atoms with Gasteiger partial charge in [0.05, 0.1) is 10.7 Å². The molecule has 3 nitrogen and oxygen atoms in total. The fourth-order valence-corrected chi connectivity index (χ4v) is 1.69. The third kappa shape index (κ3) is 3.65. The van der Waals surface area contributed by atoms with Crippen LogP contribution in [0.15, 0.2) is 5.38 Å². The van der Waals surface area contributed by atoms with E-state index >= 15 is 0 Å². The summed E-state index contributed by atoms with van der Waals surface area (Å²) in [6.07, 6.45) is -3.76. The van der Waals surface area contributed by atoms with Gasteiger partial charge < -0.3 is 5.32 Å². The highest BCUT2D eigenvalue weighted by Gasteiger charge is 2.48. The molecule has 0 spiro atoms. The van der Waals surface area contributed by atoms with Gasteiger partial charge in [-0.25, -0.2) is 13.8 Å². The van der Waals surface area contributed by atoms with Crippen molar-refractivity contribution in [2.24, 2.45) is 0 Å². The first-order chi connectivity index (χ1) is 7.84. The Morgan fingerprint density at radius 3 is 2.71 bits per heavy atom. The van der Waals surface area contributed by atoms with Crippen LogP contribution < -0.4 is 5.32 Å². The number of nitrogens with one attached hydrogen (secondary N) is 1. The average Bonchev–Trinajstić information content (AvgIpc) is 2.63. The van der Waals surface area contributed by atoms with Crippen LogP contribution in [0.25, 0.3) is 0 Å². The zero-order chi connectivity index (χ0) is 13.1. The highest BCUT2D eigenvalue weighted by molar-refractivity contribution is 7.09. The zero-order valence-corrected chi connectivity index (χ0v) is 9.66. The van der Waals surface area contributed by atoms with Crippen molar-refractivity contribution in [2.45, 2.75) is 25.7 Å².